The molecule has 0 bridgehead atoms. The van der Waals surface area contributed by atoms with E-state index in [1.807, 2.05) is 25.1 Å². The van der Waals surface area contributed by atoms with Gasteiger partial charge in [0.15, 0.2) is 6.10 Å². The van der Waals surface area contributed by atoms with Crippen molar-refractivity contribution in [1.29, 1.82) is 5.26 Å². The summed E-state index contributed by atoms with van der Waals surface area (Å²) in [5.74, 6) is -0.880. The van der Waals surface area contributed by atoms with Gasteiger partial charge in [-0.05, 0) is 32.0 Å². The van der Waals surface area contributed by atoms with Gasteiger partial charge in [0.25, 0.3) is 0 Å². The smallest absolute Gasteiger partial charge is 0.338 e. The van der Waals surface area contributed by atoms with E-state index in [0.717, 1.165) is 5.56 Å². The van der Waals surface area contributed by atoms with Crippen LogP contribution in [0.5, 0.6) is 0 Å². The Labute approximate surface area is 129 Å². The van der Waals surface area contributed by atoms with Crippen molar-refractivity contribution < 1.29 is 14.3 Å². The SMILES string of the molecule is Cc1ccc(C(=O)[C@H](C)OC(=O)c2cccc(C#N)c2)cc1. The highest BCUT2D eigenvalue weighted by atomic mass is 16.5. The van der Waals surface area contributed by atoms with Gasteiger partial charge in [-0.1, -0.05) is 35.9 Å². The zero-order chi connectivity index (χ0) is 16.1. The molecular weight excluding hydrogens is 278 g/mol. The van der Waals surface area contributed by atoms with Crippen LogP contribution in [0.15, 0.2) is 48.5 Å². The quantitative estimate of drug-likeness (QED) is 0.640. The van der Waals surface area contributed by atoms with Gasteiger partial charge in [0, 0.05) is 5.56 Å². The summed E-state index contributed by atoms with van der Waals surface area (Å²) in [6, 6.07) is 15.2. The predicted octanol–water partition coefficient (Wildman–Crippen LogP) is 3.29. The molecule has 0 unspecified atom stereocenters. The third-order valence-corrected chi connectivity index (χ3v) is 3.22. The topological polar surface area (TPSA) is 67.2 Å². The maximum absolute atomic E-state index is 12.2. The lowest BCUT2D eigenvalue weighted by Crippen LogP contribution is -2.24. The van der Waals surface area contributed by atoms with Gasteiger partial charge in [0.05, 0.1) is 17.2 Å². The Morgan fingerprint density at radius 2 is 1.77 bits per heavy atom. The average molecular weight is 293 g/mol. The number of rotatable bonds is 4. The molecule has 110 valence electrons. The number of esters is 1. The van der Waals surface area contributed by atoms with Crippen molar-refractivity contribution in [3.8, 4) is 6.07 Å². The van der Waals surface area contributed by atoms with Crippen LogP contribution in [0.3, 0.4) is 0 Å². The van der Waals surface area contributed by atoms with E-state index in [9.17, 15) is 9.59 Å². The molecule has 0 saturated carbocycles. The first-order valence-electron chi connectivity index (χ1n) is 6.83. The number of carbonyl (C=O) groups excluding carboxylic acids is 2. The van der Waals surface area contributed by atoms with E-state index in [-0.39, 0.29) is 11.3 Å². The molecule has 22 heavy (non-hydrogen) atoms. The summed E-state index contributed by atoms with van der Waals surface area (Å²) in [5, 5.41) is 8.83. The third-order valence-electron chi connectivity index (χ3n) is 3.22. The van der Waals surface area contributed by atoms with Gasteiger partial charge in [-0.25, -0.2) is 4.79 Å². The van der Waals surface area contributed by atoms with E-state index in [1.54, 1.807) is 30.3 Å². The van der Waals surface area contributed by atoms with Crippen molar-refractivity contribution in [2.75, 3.05) is 0 Å². The van der Waals surface area contributed by atoms with Crippen molar-refractivity contribution >= 4 is 11.8 Å². The molecule has 2 aromatic rings. The van der Waals surface area contributed by atoms with E-state index in [2.05, 4.69) is 0 Å². The molecule has 0 aromatic heterocycles. The number of hydrogen-bond acceptors (Lipinski definition) is 4. The Morgan fingerprint density at radius 1 is 1.09 bits per heavy atom. The van der Waals surface area contributed by atoms with E-state index in [0.29, 0.717) is 11.1 Å². The van der Waals surface area contributed by atoms with Crippen molar-refractivity contribution in [3.63, 3.8) is 0 Å². The summed E-state index contributed by atoms with van der Waals surface area (Å²) in [7, 11) is 0. The number of Topliss-reactive ketones (excluding diaryl/α,β-unsaturated/α-hetero) is 1. The van der Waals surface area contributed by atoms with Crippen LogP contribution in [0.25, 0.3) is 0 Å². The molecule has 0 fully saturated rings. The molecule has 0 saturated heterocycles. The molecule has 0 N–H and O–H groups in total. The van der Waals surface area contributed by atoms with E-state index >= 15 is 0 Å². The van der Waals surface area contributed by atoms with Gasteiger partial charge in [-0.3, -0.25) is 4.79 Å². The second kappa shape index (κ2) is 6.68. The lowest BCUT2D eigenvalue weighted by atomic mass is 10.1. The summed E-state index contributed by atoms with van der Waals surface area (Å²) >= 11 is 0. The molecule has 4 heteroatoms. The number of hydrogen-bond donors (Lipinski definition) is 0. The zero-order valence-electron chi connectivity index (χ0n) is 12.4. The number of nitrogens with zero attached hydrogens (tertiary/aromatic N) is 1. The highest BCUT2D eigenvalue weighted by Gasteiger charge is 2.20. The second-order valence-electron chi connectivity index (χ2n) is 4.97. The standard InChI is InChI=1S/C18H15NO3/c1-12-6-8-15(9-7-12)17(20)13(2)22-18(21)16-5-3-4-14(10-16)11-19/h3-10,13H,1-2H3/t13-/m0/s1. The van der Waals surface area contributed by atoms with E-state index < -0.39 is 12.1 Å². The number of carbonyl (C=O) groups is 2. The van der Waals surface area contributed by atoms with Gasteiger partial charge in [-0.2, -0.15) is 5.26 Å². The van der Waals surface area contributed by atoms with Crippen LogP contribution in [0, 0.1) is 18.3 Å². The van der Waals surface area contributed by atoms with Gasteiger partial charge in [0.1, 0.15) is 0 Å². The molecule has 0 aliphatic rings. The fourth-order valence-corrected chi connectivity index (χ4v) is 1.95. The van der Waals surface area contributed by atoms with Crippen molar-refractivity contribution in [2.45, 2.75) is 20.0 Å². The Morgan fingerprint density at radius 3 is 2.41 bits per heavy atom. The van der Waals surface area contributed by atoms with Gasteiger partial charge in [-0.15, -0.1) is 0 Å². The minimum atomic E-state index is -0.888. The fraction of sp³-hybridized carbons (Fsp3) is 0.167. The number of nitriles is 1. The maximum atomic E-state index is 12.2. The Kier molecular flexibility index (Phi) is 4.70. The van der Waals surface area contributed by atoms with Crippen molar-refractivity contribution in [3.05, 3.63) is 70.8 Å². The first-order valence-corrected chi connectivity index (χ1v) is 6.83. The number of ether oxygens (including phenoxy) is 1. The molecule has 1 atom stereocenters. The summed E-state index contributed by atoms with van der Waals surface area (Å²) in [6.07, 6.45) is -0.888. The largest absolute Gasteiger partial charge is 0.451 e. The van der Waals surface area contributed by atoms with E-state index in [1.165, 1.54) is 13.0 Å². The lowest BCUT2D eigenvalue weighted by molar-refractivity contribution is 0.0319. The summed E-state index contributed by atoms with van der Waals surface area (Å²) in [5.41, 5.74) is 2.17. The van der Waals surface area contributed by atoms with Crippen LogP contribution in [0.2, 0.25) is 0 Å². The van der Waals surface area contributed by atoms with Crippen molar-refractivity contribution in [2.24, 2.45) is 0 Å². The summed E-state index contributed by atoms with van der Waals surface area (Å²) in [6.45, 7) is 3.47. The molecule has 0 radical (unpaired) electrons. The second-order valence-corrected chi connectivity index (χ2v) is 4.97. The van der Waals surface area contributed by atoms with Crippen LogP contribution in [-0.4, -0.2) is 17.9 Å². The number of aryl methyl sites for hydroxylation is 1. The van der Waals surface area contributed by atoms with Crippen LogP contribution in [-0.2, 0) is 4.74 Å². The molecule has 2 aromatic carbocycles. The molecular formula is C18H15NO3. The molecule has 4 nitrogen and oxygen atoms in total. The van der Waals surface area contributed by atoms with Crippen molar-refractivity contribution in [1.82, 2.24) is 0 Å². The highest BCUT2D eigenvalue weighted by Crippen LogP contribution is 2.12. The predicted molar refractivity (Wildman–Crippen MR) is 81.5 cm³/mol. The zero-order valence-corrected chi connectivity index (χ0v) is 12.4. The monoisotopic (exact) mass is 293 g/mol. The number of benzene rings is 2. The normalized spacial score (nSPS) is 11.3. The van der Waals surface area contributed by atoms with Crippen LogP contribution in [0.1, 0.15) is 38.8 Å². The minimum absolute atomic E-state index is 0.252. The summed E-state index contributed by atoms with van der Waals surface area (Å²) < 4.78 is 5.18. The Balaban J connectivity index is 2.09. The minimum Gasteiger partial charge on any atom is -0.451 e. The Hall–Kier alpha value is -2.93. The highest BCUT2D eigenvalue weighted by molar-refractivity contribution is 6.01. The average Bonchev–Trinajstić information content (AvgIpc) is 2.54. The Bertz CT molecular complexity index is 742. The van der Waals surface area contributed by atoms with Crippen LogP contribution >= 0.6 is 0 Å². The van der Waals surface area contributed by atoms with Gasteiger partial charge >= 0.3 is 5.97 Å². The molecule has 0 heterocycles. The molecule has 0 aliphatic carbocycles. The first-order chi connectivity index (χ1) is 10.5. The van der Waals surface area contributed by atoms with Crippen LogP contribution < -0.4 is 0 Å². The molecule has 2 rings (SSSR count). The fourth-order valence-electron chi connectivity index (χ4n) is 1.95. The molecule has 0 amide bonds. The maximum Gasteiger partial charge on any atom is 0.338 e. The molecule has 0 aliphatic heterocycles. The van der Waals surface area contributed by atoms with E-state index in [4.69, 9.17) is 10.00 Å². The van der Waals surface area contributed by atoms with Gasteiger partial charge < -0.3 is 4.74 Å². The van der Waals surface area contributed by atoms with Gasteiger partial charge in [0.2, 0.25) is 5.78 Å². The lowest BCUT2D eigenvalue weighted by Gasteiger charge is -2.12. The summed E-state index contributed by atoms with van der Waals surface area (Å²) in [4.78, 5) is 24.2. The van der Waals surface area contributed by atoms with Crippen LogP contribution in [0.4, 0.5) is 0 Å². The molecule has 0 spiro atoms. The first kappa shape index (κ1) is 15.5. The number of ketones is 1. The third kappa shape index (κ3) is 3.58.